The maximum atomic E-state index is 13.5. The molecule has 1 amide bonds. The average molecular weight is 393 g/mol. The number of aliphatic imine (C=N–C) groups is 1. The van der Waals surface area contributed by atoms with Crippen LogP contribution in [0.2, 0.25) is 0 Å². The van der Waals surface area contributed by atoms with Crippen LogP contribution in [0.5, 0.6) is 0 Å². The van der Waals surface area contributed by atoms with Crippen LogP contribution in [0.1, 0.15) is 23.6 Å². The normalized spacial score (nSPS) is 16.5. The summed E-state index contributed by atoms with van der Waals surface area (Å²) in [5, 5.41) is 0. The molecule has 0 saturated carbocycles. The van der Waals surface area contributed by atoms with E-state index in [0.29, 0.717) is 6.42 Å². The van der Waals surface area contributed by atoms with Crippen molar-refractivity contribution in [2.24, 2.45) is 4.99 Å². The second-order valence-corrected chi connectivity index (χ2v) is 8.04. The first kappa shape index (κ1) is 21.1. The van der Waals surface area contributed by atoms with Crippen molar-refractivity contribution in [1.82, 2.24) is 9.80 Å². The molecule has 1 heterocycles. The highest BCUT2D eigenvalue weighted by Gasteiger charge is 2.38. The highest BCUT2D eigenvalue weighted by Crippen LogP contribution is 2.27. The van der Waals surface area contributed by atoms with Gasteiger partial charge >= 0.3 is 0 Å². The van der Waals surface area contributed by atoms with Crippen LogP contribution in [-0.4, -0.2) is 61.4 Å². The minimum Gasteiger partial charge on any atom is -0.341 e. The Morgan fingerprint density at radius 3 is 2.24 bits per heavy atom. The summed E-state index contributed by atoms with van der Waals surface area (Å²) in [6.45, 7) is 8.80. The quantitative estimate of drug-likeness (QED) is 0.724. The number of carbonyl (C=O) groups is 1. The second kappa shape index (κ2) is 9.23. The SMILES string of the molecule is CCN(CCN(C)C)C1=NC(Cc2ccccc2)C(=O)N1c1cc(C)cc(C)c1. The first-order valence-corrected chi connectivity index (χ1v) is 10.3. The molecule has 0 N–H and O–H groups in total. The highest BCUT2D eigenvalue weighted by atomic mass is 16.2. The summed E-state index contributed by atoms with van der Waals surface area (Å²) < 4.78 is 0. The summed E-state index contributed by atoms with van der Waals surface area (Å²) >= 11 is 0. The fourth-order valence-corrected chi connectivity index (χ4v) is 3.74. The van der Waals surface area contributed by atoms with Crippen LogP contribution < -0.4 is 4.90 Å². The van der Waals surface area contributed by atoms with Crippen LogP contribution >= 0.6 is 0 Å². The fourth-order valence-electron chi connectivity index (χ4n) is 3.74. The zero-order valence-corrected chi connectivity index (χ0v) is 18.2. The number of aryl methyl sites for hydroxylation is 2. The molecule has 0 fully saturated rings. The van der Waals surface area contributed by atoms with Gasteiger partial charge in [0.1, 0.15) is 6.04 Å². The number of likely N-dealkylation sites (N-methyl/N-ethyl adjacent to an activating group) is 2. The third kappa shape index (κ3) is 5.04. The molecule has 1 aliphatic heterocycles. The van der Waals surface area contributed by atoms with Crippen molar-refractivity contribution >= 4 is 17.6 Å². The van der Waals surface area contributed by atoms with Crippen molar-refractivity contribution in [3.63, 3.8) is 0 Å². The first-order valence-electron chi connectivity index (χ1n) is 10.3. The average Bonchev–Trinajstić information content (AvgIpc) is 2.98. The maximum absolute atomic E-state index is 13.5. The molecule has 29 heavy (non-hydrogen) atoms. The second-order valence-electron chi connectivity index (χ2n) is 8.04. The molecular formula is C24H32N4O. The molecule has 0 aliphatic carbocycles. The van der Waals surface area contributed by atoms with E-state index in [-0.39, 0.29) is 11.9 Å². The molecule has 1 unspecified atom stereocenters. The van der Waals surface area contributed by atoms with Gasteiger partial charge in [-0.1, -0.05) is 36.4 Å². The number of nitrogens with zero attached hydrogens (tertiary/aromatic N) is 4. The number of guanidine groups is 1. The molecule has 2 aromatic carbocycles. The van der Waals surface area contributed by atoms with Gasteiger partial charge in [-0.05, 0) is 63.7 Å². The minimum atomic E-state index is -0.387. The van der Waals surface area contributed by atoms with Crippen LogP contribution in [0, 0.1) is 13.8 Å². The van der Waals surface area contributed by atoms with E-state index in [4.69, 9.17) is 4.99 Å². The van der Waals surface area contributed by atoms with Crippen molar-refractivity contribution in [2.75, 3.05) is 38.6 Å². The number of amides is 1. The van der Waals surface area contributed by atoms with Crippen molar-refractivity contribution in [3.8, 4) is 0 Å². The first-order chi connectivity index (χ1) is 13.9. The number of hydrogen-bond acceptors (Lipinski definition) is 4. The summed E-state index contributed by atoms with van der Waals surface area (Å²) in [5.74, 6) is 0.822. The van der Waals surface area contributed by atoms with Gasteiger partial charge in [-0.25, -0.2) is 9.89 Å². The molecule has 5 nitrogen and oxygen atoms in total. The Balaban J connectivity index is 1.96. The summed E-state index contributed by atoms with van der Waals surface area (Å²) in [4.78, 5) is 24.6. The van der Waals surface area contributed by atoms with Gasteiger partial charge in [0.2, 0.25) is 5.96 Å². The van der Waals surface area contributed by atoms with E-state index >= 15 is 0 Å². The predicted octanol–water partition coefficient (Wildman–Crippen LogP) is 3.50. The molecule has 0 spiro atoms. The van der Waals surface area contributed by atoms with E-state index < -0.39 is 0 Å². The van der Waals surface area contributed by atoms with Crippen molar-refractivity contribution in [1.29, 1.82) is 0 Å². The lowest BCUT2D eigenvalue weighted by molar-refractivity contribution is -0.118. The molecular weight excluding hydrogens is 360 g/mol. The number of hydrogen-bond donors (Lipinski definition) is 0. The lowest BCUT2D eigenvalue weighted by Gasteiger charge is -2.30. The summed E-state index contributed by atoms with van der Waals surface area (Å²) in [5.41, 5.74) is 4.34. The molecule has 2 aromatic rings. The van der Waals surface area contributed by atoms with Crippen LogP contribution in [0.3, 0.4) is 0 Å². The van der Waals surface area contributed by atoms with Gasteiger partial charge in [0.05, 0.1) is 5.69 Å². The monoisotopic (exact) mass is 392 g/mol. The molecule has 154 valence electrons. The molecule has 5 heteroatoms. The van der Waals surface area contributed by atoms with Crippen molar-refractivity contribution in [2.45, 2.75) is 33.2 Å². The molecule has 0 aromatic heterocycles. The largest absolute Gasteiger partial charge is 0.341 e. The van der Waals surface area contributed by atoms with Gasteiger partial charge in [-0.3, -0.25) is 4.79 Å². The number of anilines is 1. The lowest BCUT2D eigenvalue weighted by Crippen LogP contribution is -2.47. The lowest BCUT2D eigenvalue weighted by atomic mass is 10.1. The summed E-state index contributed by atoms with van der Waals surface area (Å²) in [6.07, 6.45) is 0.621. The van der Waals surface area contributed by atoms with Crippen LogP contribution in [0.4, 0.5) is 5.69 Å². The van der Waals surface area contributed by atoms with E-state index in [1.807, 2.05) is 23.1 Å². The van der Waals surface area contributed by atoms with Crippen LogP contribution in [0.25, 0.3) is 0 Å². The number of benzene rings is 2. The van der Waals surface area contributed by atoms with Crippen LogP contribution in [0.15, 0.2) is 53.5 Å². The standard InChI is InChI=1S/C24H32N4O/c1-6-27(13-12-26(4)5)24-25-22(17-20-10-8-7-9-11-20)23(29)28(24)21-15-18(2)14-19(3)16-21/h7-11,14-16,22H,6,12-13,17H2,1-5H3. The van der Waals surface area contributed by atoms with Gasteiger partial charge in [0.15, 0.2) is 0 Å². The number of rotatable bonds is 7. The third-order valence-corrected chi connectivity index (χ3v) is 5.19. The third-order valence-electron chi connectivity index (χ3n) is 5.19. The molecule has 1 atom stereocenters. The van der Waals surface area contributed by atoms with Gasteiger partial charge in [-0.2, -0.15) is 0 Å². The zero-order valence-electron chi connectivity index (χ0n) is 18.2. The Morgan fingerprint density at radius 2 is 1.66 bits per heavy atom. The van der Waals surface area contributed by atoms with E-state index in [2.05, 4.69) is 75.0 Å². The molecule has 0 bridgehead atoms. The smallest absolute Gasteiger partial charge is 0.259 e. The Morgan fingerprint density at radius 1 is 1.00 bits per heavy atom. The van der Waals surface area contributed by atoms with Crippen molar-refractivity contribution in [3.05, 3.63) is 65.2 Å². The van der Waals surface area contributed by atoms with Crippen molar-refractivity contribution < 1.29 is 4.79 Å². The number of carbonyl (C=O) groups excluding carboxylic acids is 1. The minimum absolute atomic E-state index is 0.0529. The van der Waals surface area contributed by atoms with E-state index in [9.17, 15) is 4.79 Å². The fraction of sp³-hybridized carbons (Fsp3) is 0.417. The van der Waals surface area contributed by atoms with Gasteiger partial charge in [-0.15, -0.1) is 0 Å². The Labute approximate surface area is 174 Å². The molecule has 0 saturated heterocycles. The Kier molecular flexibility index (Phi) is 6.70. The predicted molar refractivity (Wildman–Crippen MR) is 121 cm³/mol. The highest BCUT2D eigenvalue weighted by molar-refractivity contribution is 6.22. The maximum Gasteiger partial charge on any atom is 0.259 e. The molecule has 0 radical (unpaired) electrons. The van der Waals surface area contributed by atoms with E-state index in [1.165, 1.54) is 0 Å². The Hall–Kier alpha value is -2.66. The van der Waals surface area contributed by atoms with E-state index in [1.54, 1.807) is 0 Å². The molecule has 1 aliphatic rings. The summed E-state index contributed by atoms with van der Waals surface area (Å²) in [7, 11) is 4.13. The van der Waals surface area contributed by atoms with Gasteiger partial charge < -0.3 is 9.80 Å². The van der Waals surface area contributed by atoms with E-state index in [0.717, 1.165) is 48.0 Å². The topological polar surface area (TPSA) is 39.1 Å². The van der Waals surface area contributed by atoms with Crippen LogP contribution in [-0.2, 0) is 11.2 Å². The Bertz CT molecular complexity index is 855. The van der Waals surface area contributed by atoms with Gasteiger partial charge in [0.25, 0.3) is 5.91 Å². The molecule has 3 rings (SSSR count). The van der Waals surface area contributed by atoms with Gasteiger partial charge in [0, 0.05) is 26.1 Å². The zero-order chi connectivity index (χ0) is 21.0. The summed E-state index contributed by atoms with van der Waals surface area (Å²) in [6, 6.07) is 16.0.